The predicted molar refractivity (Wildman–Crippen MR) is 133 cm³/mol. The number of phenolic OH excluding ortho intramolecular Hbond substituents is 1. The van der Waals surface area contributed by atoms with E-state index < -0.39 is 74.1 Å². The van der Waals surface area contributed by atoms with Gasteiger partial charge in [-0.3, -0.25) is 13.7 Å². The summed E-state index contributed by atoms with van der Waals surface area (Å²) in [4.78, 5) is -1.93. The van der Waals surface area contributed by atoms with E-state index in [1.54, 1.807) is 0 Å². The molecule has 0 amide bonds. The van der Waals surface area contributed by atoms with Gasteiger partial charge in [0.05, 0.1) is 27.8 Å². The number of nitrogens with zero attached hydrogens (tertiary/aromatic N) is 2. The molecule has 20 heteroatoms. The van der Waals surface area contributed by atoms with Crippen LogP contribution in [-0.4, -0.2) is 64.8 Å². The van der Waals surface area contributed by atoms with Crippen LogP contribution in [0.25, 0.3) is 10.8 Å². The van der Waals surface area contributed by atoms with Crippen molar-refractivity contribution < 1.29 is 56.6 Å². The van der Waals surface area contributed by atoms with Crippen LogP contribution < -0.4 is 0 Å². The first-order valence-corrected chi connectivity index (χ1v) is 16.3. The summed E-state index contributed by atoms with van der Waals surface area (Å²) in [7, 11) is -18.6. The van der Waals surface area contributed by atoms with Gasteiger partial charge in [-0.2, -0.15) is 25.3 Å². The lowest BCUT2D eigenvalue weighted by Crippen LogP contribution is -2.15. The van der Waals surface area contributed by atoms with Crippen molar-refractivity contribution >= 4 is 78.5 Å². The number of azo groups is 1. The van der Waals surface area contributed by atoms with E-state index >= 15 is 0 Å². The van der Waals surface area contributed by atoms with Crippen LogP contribution in [0.5, 0.6) is 5.75 Å². The van der Waals surface area contributed by atoms with E-state index in [4.69, 9.17) is 4.55 Å². The lowest BCUT2D eigenvalue weighted by molar-refractivity contribution is 0.284. The number of hydrogen-bond donors (Lipinski definition) is 4. The molecule has 0 saturated heterocycles. The predicted octanol–water partition coefficient (Wildman–Crippen LogP) is 2.81. The molecule has 3 rings (SSSR count). The summed E-state index contributed by atoms with van der Waals surface area (Å²) in [5.74, 6) is -1.83. The minimum atomic E-state index is -5.03. The minimum Gasteiger partial charge on any atom is -0.504 e. The van der Waals surface area contributed by atoms with Crippen LogP contribution in [0.1, 0.15) is 0 Å². The van der Waals surface area contributed by atoms with Crippen LogP contribution >= 0.6 is 15.9 Å². The Morgan fingerprint density at radius 1 is 0.789 bits per heavy atom. The van der Waals surface area contributed by atoms with E-state index in [1.165, 1.54) is 0 Å². The molecule has 0 aliphatic rings. The quantitative estimate of drug-likeness (QED) is 0.188. The summed E-state index contributed by atoms with van der Waals surface area (Å²) in [6.45, 7) is -0.851. The van der Waals surface area contributed by atoms with Crippen molar-refractivity contribution in [3.8, 4) is 5.75 Å². The summed E-state index contributed by atoms with van der Waals surface area (Å²) in [6.07, 6.45) is 0. The summed E-state index contributed by atoms with van der Waals surface area (Å²) in [6, 6.07) is 7.00. The number of aromatic hydroxyl groups is 1. The van der Waals surface area contributed by atoms with Gasteiger partial charge in [-0.1, -0.05) is 6.07 Å². The molecule has 206 valence electrons. The lowest BCUT2D eigenvalue weighted by atomic mass is 10.1. The average molecular weight is 675 g/mol. The second-order valence-electron chi connectivity index (χ2n) is 7.29. The average Bonchev–Trinajstić information content (AvgIpc) is 2.76. The Hall–Kier alpha value is -2.56. The molecule has 0 atom stereocenters. The van der Waals surface area contributed by atoms with E-state index in [9.17, 15) is 47.9 Å². The number of hydrogen-bond acceptors (Lipinski definition) is 12. The molecular weight excluding hydrogens is 660 g/mol. The summed E-state index contributed by atoms with van der Waals surface area (Å²) in [5, 5.41) is 17.9. The number of fused-ring (bicyclic) bond motifs is 1. The third-order valence-corrected chi connectivity index (χ3v) is 9.21. The Morgan fingerprint density at radius 2 is 1.42 bits per heavy atom. The van der Waals surface area contributed by atoms with Crippen molar-refractivity contribution in [1.82, 2.24) is 0 Å². The van der Waals surface area contributed by atoms with Gasteiger partial charge in [-0.05, 0) is 57.7 Å². The van der Waals surface area contributed by atoms with Gasteiger partial charge in [-0.25, -0.2) is 12.6 Å². The highest BCUT2D eigenvalue weighted by molar-refractivity contribution is 9.10. The van der Waals surface area contributed by atoms with E-state index in [2.05, 4.69) is 30.3 Å². The van der Waals surface area contributed by atoms with E-state index in [-0.39, 0.29) is 25.8 Å². The molecule has 3 aromatic rings. The molecule has 0 saturated carbocycles. The first-order chi connectivity index (χ1) is 17.3. The van der Waals surface area contributed by atoms with E-state index in [0.29, 0.717) is 0 Å². The molecule has 4 N–H and O–H groups in total. The SMILES string of the molecule is O=S(=O)(O)OCCS(=O)(=O)c1ccc(/N=N/c2c(O)c(S(=O)(=O)O)cc3cc(S(=O)(=O)O)ccc23)c(Br)c1. The Labute approximate surface area is 224 Å². The Morgan fingerprint density at radius 3 is 1.97 bits per heavy atom. The first-order valence-electron chi connectivity index (χ1n) is 9.60. The van der Waals surface area contributed by atoms with E-state index in [1.807, 2.05) is 0 Å². The van der Waals surface area contributed by atoms with Gasteiger partial charge in [0, 0.05) is 9.86 Å². The zero-order chi connectivity index (χ0) is 28.7. The van der Waals surface area contributed by atoms with Crippen molar-refractivity contribution in [2.45, 2.75) is 14.7 Å². The van der Waals surface area contributed by atoms with Crippen LogP contribution in [0.4, 0.5) is 11.4 Å². The molecule has 15 nitrogen and oxygen atoms in total. The Balaban J connectivity index is 2.07. The summed E-state index contributed by atoms with van der Waals surface area (Å²) >= 11 is 3.08. The topological polar surface area (TPSA) is 251 Å². The lowest BCUT2D eigenvalue weighted by Gasteiger charge is -2.10. The fourth-order valence-electron chi connectivity index (χ4n) is 3.02. The van der Waals surface area contributed by atoms with Gasteiger partial charge < -0.3 is 5.11 Å². The van der Waals surface area contributed by atoms with Crippen LogP contribution in [0.2, 0.25) is 0 Å². The van der Waals surface area contributed by atoms with Gasteiger partial charge in [0.15, 0.2) is 15.6 Å². The smallest absolute Gasteiger partial charge is 0.397 e. The van der Waals surface area contributed by atoms with Crippen molar-refractivity contribution in [3.05, 3.63) is 46.9 Å². The maximum Gasteiger partial charge on any atom is 0.397 e. The molecule has 0 heterocycles. The molecule has 38 heavy (non-hydrogen) atoms. The monoisotopic (exact) mass is 674 g/mol. The largest absolute Gasteiger partial charge is 0.504 e. The Kier molecular flexibility index (Phi) is 8.32. The molecule has 0 unspecified atom stereocenters. The molecule has 0 bridgehead atoms. The highest BCUT2D eigenvalue weighted by Gasteiger charge is 2.23. The standard InChI is InChI=1S/C18H15BrN2O13S4/c19-14-9-11(35(23,24)6-5-34-38(31,32)33)2-4-15(14)20-21-17-13-3-1-12(36(25,26)27)7-10(13)8-16(18(17)22)37(28,29)30/h1-4,7-9,22H,5-6H2,(H,25,26,27)(H,28,29,30)(H,31,32,33)/b21-20+. The highest BCUT2D eigenvalue weighted by atomic mass is 79.9. The van der Waals surface area contributed by atoms with Crippen LogP contribution in [-0.2, 0) is 44.7 Å². The zero-order valence-corrected chi connectivity index (χ0v) is 23.2. The van der Waals surface area contributed by atoms with Crippen molar-refractivity contribution in [2.24, 2.45) is 10.2 Å². The molecule has 0 fully saturated rings. The molecule has 0 radical (unpaired) electrons. The fraction of sp³-hybridized carbons (Fsp3) is 0.111. The second kappa shape index (κ2) is 10.5. The van der Waals surface area contributed by atoms with Gasteiger partial charge in [0.2, 0.25) is 0 Å². The molecule has 0 aromatic heterocycles. The second-order valence-corrected chi connectivity index (χ2v) is 14.2. The van der Waals surface area contributed by atoms with Gasteiger partial charge in [0.1, 0.15) is 10.6 Å². The molecule has 0 aliphatic carbocycles. The fourth-order valence-corrected chi connectivity index (χ4v) is 6.27. The normalized spacial score (nSPS) is 13.4. The third kappa shape index (κ3) is 7.09. The van der Waals surface area contributed by atoms with Crippen molar-refractivity contribution in [2.75, 3.05) is 12.4 Å². The number of benzene rings is 3. The number of rotatable bonds is 9. The summed E-state index contributed by atoms with van der Waals surface area (Å²) in [5.41, 5.74) is -0.541. The highest BCUT2D eigenvalue weighted by Crippen LogP contribution is 2.42. The molecular formula is C18H15BrN2O13S4. The number of sulfone groups is 1. The number of halogens is 1. The van der Waals surface area contributed by atoms with Crippen LogP contribution in [0.3, 0.4) is 0 Å². The maximum absolute atomic E-state index is 12.4. The van der Waals surface area contributed by atoms with Gasteiger partial charge in [-0.15, -0.1) is 10.2 Å². The van der Waals surface area contributed by atoms with Crippen LogP contribution in [0, 0.1) is 0 Å². The van der Waals surface area contributed by atoms with Gasteiger partial charge >= 0.3 is 10.4 Å². The van der Waals surface area contributed by atoms with E-state index in [0.717, 1.165) is 42.5 Å². The summed E-state index contributed by atoms with van der Waals surface area (Å²) < 4.78 is 124. The first kappa shape index (κ1) is 30.0. The minimum absolute atomic E-state index is 0.0276. The van der Waals surface area contributed by atoms with Crippen LogP contribution in [0.15, 0.2) is 71.9 Å². The number of phenols is 1. The Bertz CT molecular complexity index is 1900. The molecule has 3 aromatic carbocycles. The molecule has 0 aliphatic heterocycles. The maximum atomic E-state index is 12.4. The van der Waals surface area contributed by atoms with Crippen molar-refractivity contribution in [1.29, 1.82) is 0 Å². The van der Waals surface area contributed by atoms with Gasteiger partial charge in [0.25, 0.3) is 20.2 Å². The molecule has 0 spiro atoms. The van der Waals surface area contributed by atoms with Crippen molar-refractivity contribution in [3.63, 3.8) is 0 Å². The zero-order valence-electron chi connectivity index (χ0n) is 18.3. The third-order valence-electron chi connectivity index (χ3n) is 4.72.